The van der Waals surface area contributed by atoms with E-state index in [2.05, 4.69) is 20.9 Å². The lowest BCUT2D eigenvalue weighted by Crippen LogP contribution is -2.45. The lowest BCUT2D eigenvalue weighted by molar-refractivity contribution is -0.135. The van der Waals surface area contributed by atoms with Gasteiger partial charge in [0.25, 0.3) is 11.5 Å². The third-order valence-electron chi connectivity index (χ3n) is 6.01. The molecule has 1 fully saturated rings. The summed E-state index contributed by atoms with van der Waals surface area (Å²) in [5, 5.41) is 7.57. The van der Waals surface area contributed by atoms with E-state index in [-0.39, 0.29) is 52.9 Å². The minimum absolute atomic E-state index is 0.0764. The zero-order valence-electron chi connectivity index (χ0n) is 21.9. The van der Waals surface area contributed by atoms with E-state index in [1.807, 2.05) is 0 Å². The van der Waals surface area contributed by atoms with Crippen molar-refractivity contribution in [3.05, 3.63) is 69.5 Å². The van der Waals surface area contributed by atoms with Gasteiger partial charge in [-0.15, -0.1) is 0 Å². The van der Waals surface area contributed by atoms with Crippen LogP contribution in [0.4, 0.5) is 14.9 Å². The number of benzene rings is 2. The van der Waals surface area contributed by atoms with Gasteiger partial charge in [-0.05, 0) is 64.4 Å². The maximum Gasteiger partial charge on any atom is 0.407 e. The number of imide groups is 1. The molecule has 1 aromatic heterocycles. The van der Waals surface area contributed by atoms with E-state index in [0.29, 0.717) is 0 Å². The molecule has 3 aromatic rings. The number of aromatic nitrogens is 2. The SMILES string of the molecule is Cc1nc2c(NC(=O)c3ccc(F)c(CNC(=O)OC(C)(C)C)c3)cccc2c(=O)n1C1CCC(=O)NC1=O. The Morgan fingerprint density at radius 2 is 1.92 bits per heavy atom. The summed E-state index contributed by atoms with van der Waals surface area (Å²) in [5.74, 6) is -1.93. The van der Waals surface area contributed by atoms with Crippen LogP contribution in [0.3, 0.4) is 0 Å². The van der Waals surface area contributed by atoms with Gasteiger partial charge in [0.1, 0.15) is 28.8 Å². The van der Waals surface area contributed by atoms with Gasteiger partial charge in [-0.2, -0.15) is 0 Å². The monoisotopic (exact) mass is 537 g/mol. The molecular weight excluding hydrogens is 509 g/mol. The zero-order valence-corrected chi connectivity index (χ0v) is 21.9. The highest BCUT2D eigenvalue weighted by molar-refractivity contribution is 6.08. The van der Waals surface area contributed by atoms with Gasteiger partial charge < -0.3 is 15.4 Å². The first-order valence-electron chi connectivity index (χ1n) is 12.3. The number of hydrogen-bond acceptors (Lipinski definition) is 7. The van der Waals surface area contributed by atoms with Crippen molar-refractivity contribution in [3.63, 3.8) is 0 Å². The van der Waals surface area contributed by atoms with Crippen molar-refractivity contribution in [2.45, 2.75) is 58.7 Å². The molecule has 1 aliphatic rings. The maximum absolute atomic E-state index is 14.4. The lowest BCUT2D eigenvalue weighted by atomic mass is 10.1. The Balaban J connectivity index is 1.59. The summed E-state index contributed by atoms with van der Waals surface area (Å²) < 4.78 is 20.8. The quantitative estimate of drug-likeness (QED) is 0.424. The molecule has 1 saturated heterocycles. The standard InChI is InChI=1S/C27H28FN5O6/c1-14-30-22-17(25(37)33(14)20-10-11-21(34)32-24(20)36)6-5-7-19(22)31-23(35)15-8-9-18(28)16(12-15)13-29-26(38)39-27(2,3)4/h5-9,12,20H,10-11,13H2,1-4H3,(H,29,38)(H,31,35)(H,32,34,36). The second-order valence-corrected chi connectivity index (χ2v) is 10.1. The van der Waals surface area contributed by atoms with Crippen molar-refractivity contribution >= 4 is 40.4 Å². The Hall–Kier alpha value is -4.61. The van der Waals surface area contributed by atoms with Crippen molar-refractivity contribution in [2.75, 3.05) is 5.32 Å². The third-order valence-corrected chi connectivity index (χ3v) is 6.01. The van der Waals surface area contributed by atoms with Crippen LogP contribution in [0.25, 0.3) is 10.9 Å². The van der Waals surface area contributed by atoms with Crippen LogP contribution in [-0.4, -0.2) is 39.0 Å². The predicted molar refractivity (Wildman–Crippen MR) is 140 cm³/mol. The molecule has 0 spiro atoms. The number of aryl methyl sites for hydroxylation is 1. The Morgan fingerprint density at radius 1 is 1.18 bits per heavy atom. The molecule has 1 atom stereocenters. The molecule has 39 heavy (non-hydrogen) atoms. The number of hydrogen-bond donors (Lipinski definition) is 3. The smallest absolute Gasteiger partial charge is 0.407 e. The fourth-order valence-corrected chi connectivity index (χ4v) is 4.25. The van der Waals surface area contributed by atoms with E-state index < -0.39 is 46.8 Å². The molecule has 204 valence electrons. The van der Waals surface area contributed by atoms with Crippen LogP contribution in [0.2, 0.25) is 0 Å². The number of amides is 4. The lowest BCUT2D eigenvalue weighted by Gasteiger charge is -2.24. The average molecular weight is 538 g/mol. The number of fused-ring (bicyclic) bond motifs is 1. The first-order valence-corrected chi connectivity index (χ1v) is 12.3. The Kier molecular flexibility index (Phi) is 7.48. The Morgan fingerprint density at radius 3 is 2.62 bits per heavy atom. The van der Waals surface area contributed by atoms with Gasteiger partial charge in [0.05, 0.1) is 11.1 Å². The van der Waals surface area contributed by atoms with Gasteiger partial charge in [-0.25, -0.2) is 14.2 Å². The normalized spacial score (nSPS) is 15.6. The fraction of sp³-hybridized carbons (Fsp3) is 0.333. The number of carbonyl (C=O) groups is 4. The number of halogens is 1. The second-order valence-electron chi connectivity index (χ2n) is 10.1. The molecule has 0 radical (unpaired) electrons. The van der Waals surface area contributed by atoms with E-state index in [1.165, 1.54) is 22.8 Å². The van der Waals surface area contributed by atoms with Crippen molar-refractivity contribution in [1.29, 1.82) is 0 Å². The Bertz CT molecular complexity index is 1560. The molecule has 1 aliphatic heterocycles. The van der Waals surface area contributed by atoms with Gasteiger partial charge in [-0.3, -0.25) is 29.1 Å². The molecule has 2 aromatic carbocycles. The number of anilines is 1. The first-order chi connectivity index (χ1) is 18.3. The number of nitrogens with zero attached hydrogens (tertiary/aromatic N) is 2. The number of ether oxygens (including phenoxy) is 1. The highest BCUT2D eigenvalue weighted by Gasteiger charge is 2.30. The highest BCUT2D eigenvalue weighted by atomic mass is 19.1. The number of alkyl carbamates (subject to hydrolysis) is 1. The van der Waals surface area contributed by atoms with Crippen LogP contribution >= 0.6 is 0 Å². The predicted octanol–water partition coefficient (Wildman–Crippen LogP) is 3.10. The van der Waals surface area contributed by atoms with E-state index in [1.54, 1.807) is 39.8 Å². The van der Waals surface area contributed by atoms with Crippen LogP contribution in [0.1, 0.15) is 61.4 Å². The largest absolute Gasteiger partial charge is 0.444 e. The highest BCUT2D eigenvalue weighted by Crippen LogP contribution is 2.24. The second kappa shape index (κ2) is 10.6. The summed E-state index contributed by atoms with van der Waals surface area (Å²) in [7, 11) is 0. The van der Waals surface area contributed by atoms with Crippen molar-refractivity contribution < 1.29 is 28.3 Å². The molecule has 4 amide bonds. The van der Waals surface area contributed by atoms with Gasteiger partial charge in [0.15, 0.2) is 0 Å². The maximum atomic E-state index is 14.4. The van der Waals surface area contributed by atoms with Gasteiger partial charge in [0, 0.05) is 24.1 Å². The minimum Gasteiger partial charge on any atom is -0.444 e. The molecule has 0 aliphatic carbocycles. The molecule has 11 nitrogen and oxygen atoms in total. The minimum atomic E-state index is -0.878. The van der Waals surface area contributed by atoms with Gasteiger partial charge in [0.2, 0.25) is 11.8 Å². The van der Waals surface area contributed by atoms with Gasteiger partial charge >= 0.3 is 6.09 Å². The van der Waals surface area contributed by atoms with Crippen molar-refractivity contribution in [2.24, 2.45) is 0 Å². The van der Waals surface area contributed by atoms with E-state index in [4.69, 9.17) is 4.74 Å². The van der Waals surface area contributed by atoms with Crippen LogP contribution in [-0.2, 0) is 20.9 Å². The molecule has 2 heterocycles. The molecule has 0 bridgehead atoms. The van der Waals surface area contributed by atoms with Crippen LogP contribution < -0.4 is 21.5 Å². The van der Waals surface area contributed by atoms with E-state index in [0.717, 1.165) is 6.07 Å². The van der Waals surface area contributed by atoms with Crippen LogP contribution in [0.5, 0.6) is 0 Å². The summed E-state index contributed by atoms with van der Waals surface area (Å²) in [5.41, 5.74) is -0.562. The number of para-hydroxylation sites is 1. The first kappa shape index (κ1) is 27.4. The number of rotatable bonds is 5. The van der Waals surface area contributed by atoms with E-state index >= 15 is 0 Å². The summed E-state index contributed by atoms with van der Waals surface area (Å²) in [4.78, 5) is 66.7. The topological polar surface area (TPSA) is 148 Å². The molecule has 3 N–H and O–H groups in total. The summed E-state index contributed by atoms with van der Waals surface area (Å²) in [6.45, 7) is 6.47. The third kappa shape index (κ3) is 6.11. The Labute approximate surface area is 222 Å². The summed E-state index contributed by atoms with van der Waals surface area (Å²) in [6, 6.07) is 7.50. The summed E-state index contributed by atoms with van der Waals surface area (Å²) >= 11 is 0. The number of piperidine rings is 1. The van der Waals surface area contributed by atoms with Crippen molar-refractivity contribution in [3.8, 4) is 0 Å². The number of nitrogens with one attached hydrogen (secondary N) is 3. The fourth-order valence-electron chi connectivity index (χ4n) is 4.25. The molecule has 1 unspecified atom stereocenters. The molecule has 12 heteroatoms. The molecular formula is C27H28FN5O6. The zero-order chi connectivity index (χ0) is 28.5. The summed E-state index contributed by atoms with van der Waals surface area (Å²) in [6.07, 6.45) is -0.453. The van der Waals surface area contributed by atoms with E-state index in [9.17, 15) is 28.4 Å². The van der Waals surface area contributed by atoms with Gasteiger partial charge in [-0.1, -0.05) is 6.07 Å². The average Bonchev–Trinajstić information content (AvgIpc) is 2.84. The van der Waals surface area contributed by atoms with Crippen LogP contribution in [0.15, 0.2) is 41.2 Å². The van der Waals surface area contributed by atoms with Crippen LogP contribution in [0, 0.1) is 12.7 Å². The molecule has 0 saturated carbocycles. The van der Waals surface area contributed by atoms with Crippen molar-refractivity contribution in [1.82, 2.24) is 20.2 Å². The number of carbonyl (C=O) groups excluding carboxylic acids is 4. The molecule has 4 rings (SSSR count).